The van der Waals surface area contributed by atoms with Crippen LogP contribution < -0.4 is 5.32 Å². The second-order valence-electron chi connectivity index (χ2n) is 6.88. The number of piperidine rings is 3. The summed E-state index contributed by atoms with van der Waals surface area (Å²) in [6.07, 6.45) is 5.21. The summed E-state index contributed by atoms with van der Waals surface area (Å²) in [5.74, 6) is 0.273. The number of fused-ring (bicyclic) bond motifs is 4. The number of aromatic nitrogens is 1. The topological polar surface area (TPSA) is 75.4 Å². The largest absolute Gasteiger partial charge is 0.462 e. The number of carbonyl (C=O) groups is 2. The summed E-state index contributed by atoms with van der Waals surface area (Å²) < 4.78 is 5.33. The van der Waals surface area contributed by atoms with Gasteiger partial charge >= 0.3 is 0 Å². The molecular formula is C18H21N3O3. The van der Waals surface area contributed by atoms with Gasteiger partial charge in [0.25, 0.3) is 5.91 Å². The van der Waals surface area contributed by atoms with E-state index in [4.69, 9.17) is 4.42 Å². The van der Waals surface area contributed by atoms with Crippen LogP contribution in [0.5, 0.6) is 0 Å². The Morgan fingerprint density at radius 3 is 2.75 bits per heavy atom. The molecule has 2 atom stereocenters. The van der Waals surface area contributed by atoms with Gasteiger partial charge in [0.05, 0.1) is 11.8 Å². The van der Waals surface area contributed by atoms with E-state index >= 15 is 0 Å². The molecule has 6 heteroatoms. The fourth-order valence-electron chi connectivity index (χ4n) is 4.10. The quantitative estimate of drug-likeness (QED) is 0.875. The summed E-state index contributed by atoms with van der Waals surface area (Å²) in [6, 6.07) is 2.16. The van der Waals surface area contributed by atoms with Gasteiger partial charge in [0.2, 0.25) is 0 Å². The fourth-order valence-corrected chi connectivity index (χ4v) is 4.10. The van der Waals surface area contributed by atoms with Gasteiger partial charge < -0.3 is 9.73 Å². The van der Waals surface area contributed by atoms with Gasteiger partial charge in [-0.15, -0.1) is 0 Å². The summed E-state index contributed by atoms with van der Waals surface area (Å²) in [5.41, 5.74) is 1.33. The molecule has 3 aliphatic heterocycles. The lowest BCUT2D eigenvalue weighted by molar-refractivity contribution is 0.0216. The Morgan fingerprint density at radius 1 is 1.33 bits per heavy atom. The number of pyridine rings is 1. The van der Waals surface area contributed by atoms with Crippen LogP contribution >= 0.6 is 0 Å². The predicted molar refractivity (Wildman–Crippen MR) is 89.0 cm³/mol. The van der Waals surface area contributed by atoms with Gasteiger partial charge in [-0.1, -0.05) is 0 Å². The predicted octanol–water partition coefficient (Wildman–Crippen LogP) is 2.24. The van der Waals surface area contributed by atoms with Crippen molar-refractivity contribution in [3.8, 4) is 0 Å². The smallest absolute Gasteiger partial charge is 0.270 e. The first-order valence-corrected chi connectivity index (χ1v) is 8.47. The highest BCUT2D eigenvalue weighted by Gasteiger charge is 2.40. The Balaban J connectivity index is 1.59. The molecule has 2 bridgehead atoms. The molecule has 3 aliphatic rings. The molecule has 24 heavy (non-hydrogen) atoms. The van der Waals surface area contributed by atoms with Gasteiger partial charge in [0.1, 0.15) is 12.0 Å². The van der Waals surface area contributed by atoms with Gasteiger partial charge in [-0.3, -0.25) is 14.5 Å². The van der Waals surface area contributed by atoms with Crippen LogP contribution in [0.3, 0.4) is 0 Å². The molecule has 0 aromatic carbocycles. The van der Waals surface area contributed by atoms with Crippen molar-refractivity contribution in [1.29, 1.82) is 0 Å². The third-order valence-electron chi connectivity index (χ3n) is 5.55. The number of amides is 1. The Morgan fingerprint density at radius 2 is 2.08 bits per heavy atom. The zero-order valence-corrected chi connectivity index (χ0v) is 13.9. The van der Waals surface area contributed by atoms with E-state index in [0.717, 1.165) is 25.9 Å². The van der Waals surface area contributed by atoms with Crippen LogP contribution in [-0.2, 0) is 0 Å². The summed E-state index contributed by atoms with van der Waals surface area (Å²) in [6.45, 7) is 5.91. The van der Waals surface area contributed by atoms with E-state index < -0.39 is 0 Å². The minimum absolute atomic E-state index is 0.0858. The van der Waals surface area contributed by atoms with Gasteiger partial charge in [0, 0.05) is 17.5 Å². The molecule has 2 aromatic heterocycles. The minimum atomic E-state index is -0.182. The van der Waals surface area contributed by atoms with Crippen LogP contribution in [0.15, 0.2) is 22.9 Å². The lowest BCUT2D eigenvalue weighted by atomic mass is 9.79. The van der Waals surface area contributed by atoms with E-state index in [0.29, 0.717) is 34.2 Å². The molecule has 2 unspecified atom stereocenters. The molecule has 5 rings (SSSR count). The van der Waals surface area contributed by atoms with Crippen LogP contribution in [0.25, 0.3) is 11.0 Å². The molecule has 0 radical (unpaired) electrons. The van der Waals surface area contributed by atoms with Crippen molar-refractivity contribution < 1.29 is 14.0 Å². The molecule has 1 N–H and O–H groups in total. The van der Waals surface area contributed by atoms with Crippen molar-refractivity contribution in [2.45, 2.75) is 38.8 Å². The second-order valence-corrected chi connectivity index (χ2v) is 6.88. The summed E-state index contributed by atoms with van der Waals surface area (Å²) >= 11 is 0. The van der Waals surface area contributed by atoms with Gasteiger partial charge in [-0.25, -0.2) is 4.98 Å². The highest BCUT2D eigenvalue weighted by molar-refractivity contribution is 6.07. The summed E-state index contributed by atoms with van der Waals surface area (Å²) in [4.78, 5) is 31.0. The van der Waals surface area contributed by atoms with Crippen LogP contribution in [0.4, 0.5) is 0 Å². The molecule has 0 spiro atoms. The number of Topliss-reactive ketones (excluding diaryl/α,β-unsaturated/α-hetero) is 1. The Bertz CT molecular complexity index is 803. The van der Waals surface area contributed by atoms with Crippen molar-refractivity contribution in [3.63, 3.8) is 0 Å². The standard InChI is InChI=1S/C18H21N3O3/c1-10-17(12-3-5-21(10)6-4-12)20-18(23)15-7-13-14(11(2)22)9-24-16(13)8-19-15/h7-10,12,17H,3-6H2,1-2H3,(H,20,23). The molecule has 1 amide bonds. The lowest BCUT2D eigenvalue weighted by Crippen LogP contribution is -2.62. The normalized spacial score (nSPS) is 28.9. The van der Waals surface area contributed by atoms with Crippen LogP contribution in [0.2, 0.25) is 0 Å². The monoisotopic (exact) mass is 327 g/mol. The highest BCUT2D eigenvalue weighted by Crippen LogP contribution is 2.32. The van der Waals surface area contributed by atoms with Crippen molar-refractivity contribution in [2.24, 2.45) is 5.92 Å². The molecule has 3 fully saturated rings. The number of hydrogen-bond acceptors (Lipinski definition) is 5. The fraction of sp³-hybridized carbons (Fsp3) is 0.500. The van der Waals surface area contributed by atoms with E-state index in [1.807, 2.05) is 0 Å². The van der Waals surface area contributed by atoms with Crippen LogP contribution in [0.1, 0.15) is 47.5 Å². The van der Waals surface area contributed by atoms with Gasteiger partial charge in [0.15, 0.2) is 11.4 Å². The highest BCUT2D eigenvalue weighted by atomic mass is 16.3. The SMILES string of the molecule is CC(=O)c1coc2cnc(C(=O)NC3C4CCN(CC4)C3C)cc12. The van der Waals surface area contributed by atoms with Crippen molar-refractivity contribution in [2.75, 3.05) is 13.1 Å². The van der Waals surface area contributed by atoms with E-state index in [9.17, 15) is 9.59 Å². The summed E-state index contributed by atoms with van der Waals surface area (Å²) in [7, 11) is 0. The first-order valence-electron chi connectivity index (χ1n) is 8.47. The lowest BCUT2D eigenvalue weighted by Gasteiger charge is -2.49. The maximum Gasteiger partial charge on any atom is 0.270 e. The Kier molecular flexibility index (Phi) is 3.64. The van der Waals surface area contributed by atoms with Crippen molar-refractivity contribution in [1.82, 2.24) is 15.2 Å². The molecule has 2 aromatic rings. The molecule has 3 saturated heterocycles. The first-order chi connectivity index (χ1) is 11.5. The number of ketones is 1. The van der Waals surface area contributed by atoms with E-state index in [-0.39, 0.29) is 17.7 Å². The van der Waals surface area contributed by atoms with Crippen molar-refractivity contribution >= 4 is 22.7 Å². The minimum Gasteiger partial charge on any atom is -0.462 e. The molecule has 6 nitrogen and oxygen atoms in total. The average molecular weight is 327 g/mol. The first kappa shape index (κ1) is 15.3. The number of nitrogens with zero attached hydrogens (tertiary/aromatic N) is 2. The third-order valence-corrected chi connectivity index (χ3v) is 5.55. The number of hydrogen-bond donors (Lipinski definition) is 1. The van der Waals surface area contributed by atoms with E-state index in [1.54, 1.807) is 6.07 Å². The van der Waals surface area contributed by atoms with Crippen LogP contribution in [0, 0.1) is 5.92 Å². The van der Waals surface area contributed by atoms with Gasteiger partial charge in [-0.05, 0) is 51.8 Å². The number of furan rings is 1. The molecule has 126 valence electrons. The number of rotatable bonds is 3. The average Bonchev–Trinajstić information content (AvgIpc) is 3.01. The summed E-state index contributed by atoms with van der Waals surface area (Å²) in [5, 5.41) is 3.81. The Labute approximate surface area is 140 Å². The van der Waals surface area contributed by atoms with Crippen LogP contribution in [-0.4, -0.2) is 46.7 Å². The maximum atomic E-state index is 12.7. The second kappa shape index (κ2) is 5.70. The molecule has 0 saturated carbocycles. The third kappa shape index (κ3) is 2.41. The zero-order chi connectivity index (χ0) is 16.8. The Hall–Kier alpha value is -2.21. The molecule has 5 heterocycles. The van der Waals surface area contributed by atoms with E-state index in [2.05, 4.69) is 22.1 Å². The zero-order valence-electron chi connectivity index (χ0n) is 13.9. The van der Waals surface area contributed by atoms with Crippen molar-refractivity contribution in [3.05, 3.63) is 29.8 Å². The molecule has 0 aliphatic carbocycles. The maximum absolute atomic E-state index is 12.7. The van der Waals surface area contributed by atoms with E-state index in [1.165, 1.54) is 19.4 Å². The molecular weight excluding hydrogens is 306 g/mol. The number of nitrogens with one attached hydrogen (secondary N) is 1. The van der Waals surface area contributed by atoms with Gasteiger partial charge in [-0.2, -0.15) is 0 Å². The number of carbonyl (C=O) groups excluding carboxylic acids is 2.